The lowest BCUT2D eigenvalue weighted by Crippen LogP contribution is -2.34. The Morgan fingerprint density at radius 3 is 2.83 bits per heavy atom. The Hall–Kier alpha value is -1.47. The second-order valence-corrected chi connectivity index (χ2v) is 4.52. The Balaban J connectivity index is 2.71. The lowest BCUT2D eigenvalue weighted by molar-refractivity contribution is -0.385. The van der Waals surface area contributed by atoms with Gasteiger partial charge in [-0.1, -0.05) is 6.07 Å². The van der Waals surface area contributed by atoms with Crippen LogP contribution in [0.25, 0.3) is 0 Å². The van der Waals surface area contributed by atoms with Crippen molar-refractivity contribution in [3.63, 3.8) is 0 Å². The zero-order valence-electron chi connectivity index (χ0n) is 9.97. The monoisotopic (exact) mass is 316 g/mol. The van der Waals surface area contributed by atoms with Gasteiger partial charge in [-0.15, -0.1) is 0 Å². The predicted molar refractivity (Wildman–Crippen MR) is 69.1 cm³/mol. The molecule has 0 unspecified atom stereocenters. The van der Waals surface area contributed by atoms with Crippen molar-refractivity contribution in [3.05, 3.63) is 38.3 Å². The number of esters is 1. The molecule has 0 heterocycles. The van der Waals surface area contributed by atoms with Crippen molar-refractivity contribution >= 4 is 27.6 Å². The number of carbonyl (C=O) groups excluding carboxylic acids is 1. The van der Waals surface area contributed by atoms with E-state index in [1.54, 1.807) is 19.1 Å². The fraction of sp³-hybridized carbons (Fsp3) is 0.364. The summed E-state index contributed by atoms with van der Waals surface area (Å²) in [6.45, 7) is 2.02. The Kier molecular flexibility index (Phi) is 5.24. The fourth-order valence-corrected chi connectivity index (χ4v) is 1.73. The Labute approximate surface area is 113 Å². The van der Waals surface area contributed by atoms with E-state index in [1.165, 1.54) is 13.2 Å². The highest BCUT2D eigenvalue weighted by atomic mass is 79.9. The van der Waals surface area contributed by atoms with Crippen molar-refractivity contribution in [1.82, 2.24) is 5.32 Å². The van der Waals surface area contributed by atoms with Gasteiger partial charge in [0.15, 0.2) is 0 Å². The van der Waals surface area contributed by atoms with Gasteiger partial charge in [-0.2, -0.15) is 0 Å². The third-order valence-electron chi connectivity index (χ3n) is 2.37. The number of halogens is 1. The van der Waals surface area contributed by atoms with E-state index >= 15 is 0 Å². The number of rotatable bonds is 5. The lowest BCUT2D eigenvalue weighted by atomic mass is 10.2. The molecule has 0 fully saturated rings. The molecule has 0 bridgehead atoms. The van der Waals surface area contributed by atoms with E-state index in [1.807, 2.05) is 0 Å². The van der Waals surface area contributed by atoms with Crippen LogP contribution in [0.15, 0.2) is 22.7 Å². The average Bonchev–Trinajstić information content (AvgIpc) is 2.36. The van der Waals surface area contributed by atoms with Crippen molar-refractivity contribution < 1.29 is 14.5 Å². The van der Waals surface area contributed by atoms with Gasteiger partial charge < -0.3 is 10.1 Å². The Morgan fingerprint density at radius 2 is 2.28 bits per heavy atom. The fourth-order valence-electron chi connectivity index (χ4n) is 1.34. The third kappa shape index (κ3) is 3.78. The number of hydrogen-bond donors (Lipinski definition) is 1. The number of methoxy groups -OCH3 is 1. The zero-order valence-corrected chi connectivity index (χ0v) is 11.6. The number of hydrogen-bond acceptors (Lipinski definition) is 5. The maximum absolute atomic E-state index is 11.2. The van der Waals surface area contributed by atoms with E-state index in [0.29, 0.717) is 11.0 Å². The molecule has 0 amide bonds. The standard InChI is InChI=1S/C11H13BrN2O4/c1-7(11(15)18-2)13-6-8-3-4-9(12)10(5-8)14(16)17/h3-5,7,13H,6H2,1-2H3/t7-/m0/s1. The number of benzene rings is 1. The van der Waals surface area contributed by atoms with E-state index in [2.05, 4.69) is 26.0 Å². The molecule has 0 aliphatic rings. The summed E-state index contributed by atoms with van der Waals surface area (Å²) in [5.74, 6) is -0.374. The van der Waals surface area contributed by atoms with Crippen molar-refractivity contribution in [2.45, 2.75) is 19.5 Å². The molecular weight excluding hydrogens is 304 g/mol. The minimum absolute atomic E-state index is 0.0000196. The Bertz CT molecular complexity index is 464. The van der Waals surface area contributed by atoms with Gasteiger partial charge in [0.2, 0.25) is 0 Å². The van der Waals surface area contributed by atoms with Crippen molar-refractivity contribution in [1.29, 1.82) is 0 Å². The molecule has 0 aliphatic carbocycles. The van der Waals surface area contributed by atoms with Crippen LogP contribution in [0, 0.1) is 10.1 Å². The molecule has 1 aromatic carbocycles. The van der Waals surface area contributed by atoms with Crippen LogP contribution < -0.4 is 5.32 Å². The Morgan fingerprint density at radius 1 is 1.61 bits per heavy atom. The van der Waals surface area contributed by atoms with Gasteiger partial charge in [0, 0.05) is 12.6 Å². The van der Waals surface area contributed by atoms with Crippen LogP contribution in [0.5, 0.6) is 0 Å². The smallest absolute Gasteiger partial charge is 0.322 e. The van der Waals surface area contributed by atoms with Crippen LogP contribution in [-0.2, 0) is 16.1 Å². The van der Waals surface area contributed by atoms with Crippen LogP contribution in [-0.4, -0.2) is 24.0 Å². The van der Waals surface area contributed by atoms with Gasteiger partial charge in [0.1, 0.15) is 6.04 Å². The number of nitro groups is 1. The molecule has 7 heteroatoms. The van der Waals surface area contributed by atoms with E-state index in [0.717, 1.165) is 5.56 Å². The van der Waals surface area contributed by atoms with Gasteiger partial charge in [-0.3, -0.25) is 14.9 Å². The molecule has 0 aromatic heterocycles. The number of ether oxygens (including phenoxy) is 1. The van der Waals surface area contributed by atoms with Crippen LogP contribution >= 0.6 is 15.9 Å². The molecule has 0 saturated carbocycles. The largest absolute Gasteiger partial charge is 0.468 e. The zero-order chi connectivity index (χ0) is 13.7. The van der Waals surface area contributed by atoms with Gasteiger partial charge >= 0.3 is 5.97 Å². The molecule has 0 radical (unpaired) electrons. The molecule has 1 N–H and O–H groups in total. The molecule has 0 spiro atoms. The summed E-state index contributed by atoms with van der Waals surface area (Å²) in [6.07, 6.45) is 0. The molecule has 18 heavy (non-hydrogen) atoms. The molecule has 98 valence electrons. The van der Waals surface area contributed by atoms with Crippen molar-refractivity contribution in [3.8, 4) is 0 Å². The molecule has 0 saturated heterocycles. The van der Waals surface area contributed by atoms with E-state index in [4.69, 9.17) is 0 Å². The predicted octanol–water partition coefficient (Wildman–Crippen LogP) is 2.01. The molecule has 0 aliphatic heterocycles. The van der Waals surface area contributed by atoms with Crippen LogP contribution in [0.3, 0.4) is 0 Å². The summed E-state index contributed by atoms with van der Waals surface area (Å²) in [6, 6.07) is 4.35. The summed E-state index contributed by atoms with van der Waals surface area (Å²) >= 11 is 3.11. The molecular formula is C11H13BrN2O4. The average molecular weight is 317 g/mol. The van der Waals surface area contributed by atoms with Gasteiger partial charge in [-0.05, 0) is 34.5 Å². The first-order valence-electron chi connectivity index (χ1n) is 5.19. The van der Waals surface area contributed by atoms with E-state index in [9.17, 15) is 14.9 Å². The van der Waals surface area contributed by atoms with Crippen molar-refractivity contribution in [2.75, 3.05) is 7.11 Å². The van der Waals surface area contributed by atoms with E-state index < -0.39 is 11.0 Å². The number of nitrogens with zero attached hydrogens (tertiary/aromatic N) is 1. The minimum atomic E-state index is -0.461. The summed E-state index contributed by atoms with van der Waals surface area (Å²) in [5.41, 5.74) is 0.723. The minimum Gasteiger partial charge on any atom is -0.468 e. The maximum atomic E-state index is 11.2. The summed E-state index contributed by atoms with van der Waals surface area (Å²) < 4.78 is 4.99. The third-order valence-corrected chi connectivity index (χ3v) is 3.04. The first-order valence-corrected chi connectivity index (χ1v) is 5.99. The highest BCUT2D eigenvalue weighted by molar-refractivity contribution is 9.10. The van der Waals surface area contributed by atoms with Crippen LogP contribution in [0.1, 0.15) is 12.5 Å². The normalized spacial score (nSPS) is 11.9. The number of carbonyl (C=O) groups is 1. The number of nitrogens with one attached hydrogen (secondary N) is 1. The van der Waals surface area contributed by atoms with Crippen LogP contribution in [0.2, 0.25) is 0 Å². The molecule has 1 aromatic rings. The van der Waals surface area contributed by atoms with Crippen molar-refractivity contribution in [2.24, 2.45) is 0 Å². The quantitative estimate of drug-likeness (QED) is 0.510. The summed E-state index contributed by atoms with van der Waals surface area (Å²) in [4.78, 5) is 21.4. The molecule has 1 atom stereocenters. The maximum Gasteiger partial charge on any atom is 0.322 e. The van der Waals surface area contributed by atoms with Gasteiger partial charge in [0.25, 0.3) is 5.69 Å². The molecule has 1 rings (SSSR count). The molecule has 6 nitrogen and oxygen atoms in total. The van der Waals surface area contributed by atoms with Crippen LogP contribution in [0.4, 0.5) is 5.69 Å². The van der Waals surface area contributed by atoms with Gasteiger partial charge in [-0.25, -0.2) is 0 Å². The lowest BCUT2D eigenvalue weighted by Gasteiger charge is -2.11. The highest BCUT2D eigenvalue weighted by Crippen LogP contribution is 2.25. The van der Waals surface area contributed by atoms with E-state index in [-0.39, 0.29) is 11.7 Å². The highest BCUT2D eigenvalue weighted by Gasteiger charge is 2.15. The topological polar surface area (TPSA) is 81.5 Å². The second-order valence-electron chi connectivity index (χ2n) is 3.67. The number of nitro benzene ring substituents is 1. The van der Waals surface area contributed by atoms with Gasteiger partial charge in [0.05, 0.1) is 16.5 Å². The second kappa shape index (κ2) is 6.46. The first kappa shape index (κ1) is 14.6. The summed E-state index contributed by atoms with van der Waals surface area (Å²) in [7, 11) is 1.31. The SMILES string of the molecule is COC(=O)[C@H](C)NCc1ccc(Br)c([N+](=O)[O-])c1. The summed E-state index contributed by atoms with van der Waals surface area (Å²) in [5, 5.41) is 13.7. The first-order chi connectivity index (χ1) is 8.45.